The summed E-state index contributed by atoms with van der Waals surface area (Å²) in [5.74, 6) is 5.04. The minimum atomic E-state index is -0.533. The van der Waals surface area contributed by atoms with E-state index in [9.17, 15) is 5.11 Å². The summed E-state index contributed by atoms with van der Waals surface area (Å²) in [6.45, 7) is 5.43. The third-order valence-electron chi connectivity index (χ3n) is 1.57. The first-order valence-corrected chi connectivity index (χ1v) is 4.39. The first-order chi connectivity index (χ1) is 5.74. The molecule has 0 saturated carbocycles. The van der Waals surface area contributed by atoms with E-state index in [1.807, 2.05) is 0 Å². The van der Waals surface area contributed by atoms with Gasteiger partial charge in [-0.1, -0.05) is 0 Å². The molecular weight excluding hydrogens is 182 g/mol. The summed E-state index contributed by atoms with van der Waals surface area (Å²) in [6, 6.07) is 0. The number of rotatable bonds is 4. The van der Waals surface area contributed by atoms with E-state index in [1.165, 1.54) is 0 Å². The summed E-state index contributed by atoms with van der Waals surface area (Å²) < 4.78 is 9.49. The van der Waals surface area contributed by atoms with Crippen LogP contribution in [0, 0.1) is 6.92 Å². The maximum absolute atomic E-state index is 9.31. The molecule has 1 saturated heterocycles. The van der Waals surface area contributed by atoms with Crippen molar-refractivity contribution in [2.24, 2.45) is 5.90 Å². The summed E-state index contributed by atoms with van der Waals surface area (Å²) in [5.41, 5.74) is 0. The lowest BCUT2D eigenvalue weighted by atomic mass is 10.2. The number of hydrogen-bond acceptors (Lipinski definition) is 6. The highest BCUT2D eigenvalue weighted by Crippen LogP contribution is 2.22. The molecule has 2 radical (unpaired) electrons. The van der Waals surface area contributed by atoms with Gasteiger partial charge in [-0.25, -0.2) is 0 Å². The SMILES string of the molecule is [CH][C@H]1C[C@@H](O)[C@@H](CSOON)O1. The maximum Gasteiger partial charge on any atom is 0.0952 e. The summed E-state index contributed by atoms with van der Waals surface area (Å²) in [4.78, 5) is 3.86. The van der Waals surface area contributed by atoms with Crippen LogP contribution in [-0.4, -0.2) is 29.2 Å². The van der Waals surface area contributed by atoms with Gasteiger partial charge in [0.25, 0.3) is 0 Å². The number of aliphatic hydroxyl groups excluding tert-OH is 1. The van der Waals surface area contributed by atoms with Crippen LogP contribution in [0.15, 0.2) is 0 Å². The third-order valence-corrected chi connectivity index (χ3v) is 2.21. The predicted molar refractivity (Wildman–Crippen MR) is 42.4 cm³/mol. The highest BCUT2D eigenvalue weighted by molar-refractivity contribution is 7.94. The van der Waals surface area contributed by atoms with Crippen molar-refractivity contribution in [1.29, 1.82) is 0 Å². The van der Waals surface area contributed by atoms with Crippen LogP contribution in [0.2, 0.25) is 0 Å². The summed E-state index contributed by atoms with van der Waals surface area (Å²) in [7, 11) is 0. The molecule has 12 heavy (non-hydrogen) atoms. The fourth-order valence-corrected chi connectivity index (χ4v) is 1.58. The van der Waals surface area contributed by atoms with Crippen LogP contribution < -0.4 is 5.90 Å². The lowest BCUT2D eigenvalue weighted by molar-refractivity contribution is -0.195. The Morgan fingerprint density at radius 2 is 2.50 bits per heavy atom. The Balaban J connectivity index is 2.15. The topological polar surface area (TPSA) is 73.9 Å². The number of ether oxygens (including phenoxy) is 1. The Bertz CT molecular complexity index is 137. The van der Waals surface area contributed by atoms with Gasteiger partial charge in [0.15, 0.2) is 0 Å². The van der Waals surface area contributed by atoms with Crippen molar-refractivity contribution in [3.63, 3.8) is 0 Å². The number of nitrogens with two attached hydrogens (primary N) is 1. The first kappa shape index (κ1) is 10.2. The zero-order valence-corrected chi connectivity index (χ0v) is 7.20. The van der Waals surface area contributed by atoms with E-state index in [0.29, 0.717) is 12.2 Å². The predicted octanol–water partition coefficient (Wildman–Crippen LogP) is -0.314. The molecule has 0 aromatic heterocycles. The van der Waals surface area contributed by atoms with Crippen molar-refractivity contribution in [2.45, 2.75) is 24.7 Å². The van der Waals surface area contributed by atoms with Gasteiger partial charge in [0.2, 0.25) is 0 Å². The minimum Gasteiger partial charge on any atom is -0.390 e. The standard InChI is InChI=1S/C6H11NO4S/c1-4-2-5(8)6(9-4)3-12-11-10-7/h1,4-6,8H,2-3,7H2/t4-,5+,6+/m0/s1. The molecule has 1 aliphatic heterocycles. The molecule has 0 amide bonds. The maximum atomic E-state index is 9.31. The van der Waals surface area contributed by atoms with Crippen LogP contribution in [0.25, 0.3) is 0 Å². The average molecular weight is 193 g/mol. The molecule has 0 aromatic carbocycles. The zero-order valence-electron chi connectivity index (χ0n) is 6.38. The lowest BCUT2D eigenvalue weighted by Crippen LogP contribution is -2.23. The van der Waals surface area contributed by atoms with Gasteiger partial charge in [0, 0.05) is 18.5 Å². The average Bonchev–Trinajstić information content (AvgIpc) is 2.31. The van der Waals surface area contributed by atoms with Crippen LogP contribution in [0.4, 0.5) is 0 Å². The van der Waals surface area contributed by atoms with Gasteiger partial charge in [0.05, 0.1) is 24.1 Å². The van der Waals surface area contributed by atoms with Crippen molar-refractivity contribution in [1.82, 2.24) is 0 Å². The molecule has 70 valence electrons. The Kier molecular flexibility index (Phi) is 4.27. The molecule has 5 nitrogen and oxygen atoms in total. The van der Waals surface area contributed by atoms with Crippen LogP contribution >= 0.6 is 12.0 Å². The number of hydrogen-bond donors (Lipinski definition) is 2. The third kappa shape index (κ3) is 2.89. The molecular formula is C6H11NO4S. The van der Waals surface area contributed by atoms with Gasteiger partial charge in [-0.2, -0.15) is 5.90 Å². The smallest absolute Gasteiger partial charge is 0.0952 e. The zero-order chi connectivity index (χ0) is 8.97. The highest BCUT2D eigenvalue weighted by Gasteiger charge is 2.31. The monoisotopic (exact) mass is 193 g/mol. The molecule has 1 rings (SSSR count). The first-order valence-electron chi connectivity index (χ1n) is 3.48. The molecule has 0 aliphatic carbocycles. The normalized spacial score (nSPS) is 35.8. The van der Waals surface area contributed by atoms with Gasteiger partial charge in [-0.05, 0) is 6.92 Å². The molecule has 1 fully saturated rings. The minimum absolute atomic E-state index is 0.305. The van der Waals surface area contributed by atoms with Crippen molar-refractivity contribution in [3.05, 3.63) is 6.92 Å². The van der Waals surface area contributed by atoms with Crippen LogP contribution in [0.5, 0.6) is 0 Å². The Morgan fingerprint density at radius 3 is 3.00 bits per heavy atom. The summed E-state index contributed by atoms with van der Waals surface area (Å²) in [6.07, 6.45) is -0.771. The van der Waals surface area contributed by atoms with Gasteiger partial charge >= 0.3 is 0 Å². The molecule has 1 heterocycles. The Hall–Kier alpha value is 0.150. The fourth-order valence-electron chi connectivity index (χ4n) is 1.03. The molecule has 3 N–H and O–H groups in total. The van der Waals surface area contributed by atoms with E-state index in [1.54, 1.807) is 0 Å². The Morgan fingerprint density at radius 1 is 1.75 bits per heavy atom. The second-order valence-electron chi connectivity index (χ2n) is 2.46. The van der Waals surface area contributed by atoms with E-state index in [4.69, 9.17) is 11.7 Å². The van der Waals surface area contributed by atoms with Crippen molar-refractivity contribution in [3.8, 4) is 0 Å². The fraction of sp³-hybridized carbons (Fsp3) is 0.833. The van der Waals surface area contributed by atoms with E-state index >= 15 is 0 Å². The summed E-state index contributed by atoms with van der Waals surface area (Å²) >= 11 is 0.969. The van der Waals surface area contributed by atoms with Gasteiger partial charge in [0.1, 0.15) is 0 Å². The molecule has 1 aliphatic rings. The number of aliphatic hydroxyl groups is 1. The van der Waals surface area contributed by atoms with E-state index in [0.717, 1.165) is 12.0 Å². The van der Waals surface area contributed by atoms with Gasteiger partial charge in [-0.15, -0.1) is 9.32 Å². The van der Waals surface area contributed by atoms with Gasteiger partial charge in [-0.3, -0.25) is 0 Å². The largest absolute Gasteiger partial charge is 0.390 e. The second kappa shape index (κ2) is 5.00. The van der Waals surface area contributed by atoms with E-state index in [2.05, 4.69) is 15.2 Å². The Labute approximate surface area is 75.2 Å². The quantitative estimate of drug-likeness (QED) is 0.276. The van der Waals surface area contributed by atoms with Crippen LogP contribution in [-0.2, 0) is 14.1 Å². The molecule has 0 bridgehead atoms. The molecule has 0 spiro atoms. The lowest BCUT2D eigenvalue weighted by Gasteiger charge is -2.11. The molecule has 6 heteroatoms. The van der Waals surface area contributed by atoms with Crippen LogP contribution in [0.1, 0.15) is 6.42 Å². The van der Waals surface area contributed by atoms with Crippen LogP contribution in [0.3, 0.4) is 0 Å². The van der Waals surface area contributed by atoms with E-state index in [-0.39, 0.29) is 12.2 Å². The molecule has 0 aromatic rings. The van der Waals surface area contributed by atoms with Gasteiger partial charge < -0.3 is 9.84 Å². The molecule has 3 atom stereocenters. The summed E-state index contributed by atoms with van der Waals surface area (Å²) in [5, 5.41) is 9.31. The van der Waals surface area contributed by atoms with Crippen molar-refractivity contribution < 1.29 is 19.2 Å². The van der Waals surface area contributed by atoms with Crippen molar-refractivity contribution >= 4 is 12.0 Å². The highest BCUT2D eigenvalue weighted by atomic mass is 32.2. The second-order valence-corrected chi connectivity index (χ2v) is 3.17. The molecule has 0 unspecified atom stereocenters. The van der Waals surface area contributed by atoms with Crippen molar-refractivity contribution in [2.75, 3.05) is 5.75 Å². The van der Waals surface area contributed by atoms with E-state index < -0.39 is 6.10 Å².